The summed E-state index contributed by atoms with van der Waals surface area (Å²) >= 11 is 0. The SMILES string of the molecule is Cc1c(OCCN2CCN(C)CC2)ccc2c(=O)nc(C3CCNCC3)oc12. The number of rotatable bonds is 5. The number of piperazine rings is 1. The highest BCUT2D eigenvalue weighted by atomic mass is 16.5. The predicted octanol–water partition coefficient (Wildman–Crippen LogP) is 1.59. The van der Waals surface area contributed by atoms with E-state index in [2.05, 4.69) is 27.1 Å². The lowest BCUT2D eigenvalue weighted by atomic mass is 9.98. The molecule has 2 aromatic rings. The Morgan fingerprint density at radius 2 is 1.96 bits per heavy atom. The van der Waals surface area contributed by atoms with Crippen molar-refractivity contribution in [2.45, 2.75) is 25.7 Å². The largest absolute Gasteiger partial charge is 0.492 e. The van der Waals surface area contributed by atoms with E-state index in [1.54, 1.807) is 6.07 Å². The molecule has 152 valence electrons. The fourth-order valence-corrected chi connectivity index (χ4v) is 4.02. The molecule has 4 rings (SSSR count). The summed E-state index contributed by atoms with van der Waals surface area (Å²) in [5.41, 5.74) is 1.29. The maximum Gasteiger partial charge on any atom is 0.283 e. The van der Waals surface area contributed by atoms with Crippen LogP contribution in [0.5, 0.6) is 5.75 Å². The topological polar surface area (TPSA) is 70.8 Å². The maximum atomic E-state index is 12.5. The van der Waals surface area contributed by atoms with Crippen LogP contribution in [-0.2, 0) is 0 Å². The molecule has 2 aliphatic rings. The van der Waals surface area contributed by atoms with Crippen molar-refractivity contribution in [1.29, 1.82) is 0 Å². The molecule has 2 fully saturated rings. The van der Waals surface area contributed by atoms with Crippen molar-refractivity contribution in [3.63, 3.8) is 0 Å². The number of fused-ring (bicyclic) bond motifs is 1. The van der Waals surface area contributed by atoms with Gasteiger partial charge in [-0.15, -0.1) is 0 Å². The number of benzene rings is 1. The Labute approximate surface area is 165 Å². The lowest BCUT2D eigenvalue weighted by molar-refractivity contribution is 0.133. The summed E-state index contributed by atoms with van der Waals surface area (Å²) in [5, 5.41) is 3.86. The Kier molecular flexibility index (Phi) is 5.94. The van der Waals surface area contributed by atoms with E-state index in [1.165, 1.54) is 0 Å². The molecule has 7 nitrogen and oxygen atoms in total. The molecule has 0 bridgehead atoms. The van der Waals surface area contributed by atoms with Crippen molar-refractivity contribution in [1.82, 2.24) is 20.1 Å². The first-order valence-electron chi connectivity index (χ1n) is 10.3. The Balaban J connectivity index is 1.49. The molecule has 28 heavy (non-hydrogen) atoms. The van der Waals surface area contributed by atoms with Gasteiger partial charge < -0.3 is 19.4 Å². The summed E-state index contributed by atoms with van der Waals surface area (Å²) in [6.07, 6.45) is 1.89. The van der Waals surface area contributed by atoms with Gasteiger partial charge in [0.15, 0.2) is 0 Å². The minimum atomic E-state index is -0.207. The van der Waals surface area contributed by atoms with Crippen LogP contribution in [0, 0.1) is 6.92 Å². The minimum Gasteiger partial charge on any atom is -0.492 e. The highest BCUT2D eigenvalue weighted by Gasteiger charge is 2.22. The zero-order valence-corrected chi connectivity index (χ0v) is 16.9. The molecule has 2 aliphatic heterocycles. The molecule has 0 saturated carbocycles. The van der Waals surface area contributed by atoms with Gasteiger partial charge in [0.2, 0.25) is 5.89 Å². The van der Waals surface area contributed by atoms with Gasteiger partial charge in [0, 0.05) is 44.2 Å². The Morgan fingerprint density at radius 1 is 1.21 bits per heavy atom. The van der Waals surface area contributed by atoms with E-state index in [0.29, 0.717) is 23.5 Å². The molecule has 1 aromatic carbocycles. The number of aromatic nitrogens is 1. The number of aryl methyl sites for hydroxylation is 1. The molecule has 0 spiro atoms. The van der Waals surface area contributed by atoms with Crippen molar-refractivity contribution in [3.8, 4) is 5.75 Å². The molecule has 0 amide bonds. The first-order chi connectivity index (χ1) is 13.6. The zero-order valence-electron chi connectivity index (χ0n) is 16.9. The standard InChI is InChI=1S/C21H30N4O3/c1-15-18(27-14-13-25-11-9-24(2)10-12-25)4-3-17-19(15)28-21(23-20(17)26)16-5-7-22-8-6-16/h3-4,16,22H,5-14H2,1-2H3. The number of hydrogen-bond acceptors (Lipinski definition) is 7. The smallest absolute Gasteiger partial charge is 0.283 e. The van der Waals surface area contributed by atoms with Gasteiger partial charge in [-0.05, 0) is 52.0 Å². The molecule has 1 N–H and O–H groups in total. The van der Waals surface area contributed by atoms with E-state index in [1.807, 2.05) is 13.0 Å². The molecule has 0 unspecified atom stereocenters. The molecule has 3 heterocycles. The molecule has 0 radical (unpaired) electrons. The van der Waals surface area contributed by atoms with Crippen molar-refractivity contribution in [2.24, 2.45) is 0 Å². The fraction of sp³-hybridized carbons (Fsp3) is 0.619. The summed E-state index contributed by atoms with van der Waals surface area (Å²) in [5.74, 6) is 1.56. The number of nitrogens with zero attached hydrogens (tertiary/aromatic N) is 3. The number of piperidine rings is 1. The Morgan fingerprint density at radius 3 is 2.71 bits per heavy atom. The zero-order chi connectivity index (χ0) is 19.5. The van der Waals surface area contributed by atoms with Gasteiger partial charge in [-0.1, -0.05) is 0 Å². The average Bonchev–Trinajstić information content (AvgIpc) is 2.72. The average molecular weight is 386 g/mol. The number of likely N-dealkylation sites (N-methyl/N-ethyl adjacent to an activating group) is 1. The van der Waals surface area contributed by atoms with Crippen LogP contribution in [0.4, 0.5) is 0 Å². The molecule has 7 heteroatoms. The lowest BCUT2D eigenvalue weighted by Crippen LogP contribution is -2.45. The molecule has 0 aliphatic carbocycles. The van der Waals surface area contributed by atoms with E-state index in [0.717, 1.165) is 70.0 Å². The number of ether oxygens (including phenoxy) is 1. The second kappa shape index (κ2) is 8.59. The van der Waals surface area contributed by atoms with Gasteiger partial charge in [-0.2, -0.15) is 4.98 Å². The van der Waals surface area contributed by atoms with Gasteiger partial charge in [-0.3, -0.25) is 9.69 Å². The Hall–Kier alpha value is -1.96. The van der Waals surface area contributed by atoms with E-state index in [9.17, 15) is 4.79 Å². The number of hydrogen-bond donors (Lipinski definition) is 1. The minimum absolute atomic E-state index is 0.207. The van der Waals surface area contributed by atoms with E-state index >= 15 is 0 Å². The van der Waals surface area contributed by atoms with Gasteiger partial charge in [-0.25, -0.2) is 0 Å². The molecule has 2 saturated heterocycles. The number of nitrogens with one attached hydrogen (secondary N) is 1. The fourth-order valence-electron chi connectivity index (χ4n) is 4.02. The van der Waals surface area contributed by atoms with Crippen LogP contribution in [0.2, 0.25) is 0 Å². The normalized spacial score (nSPS) is 19.9. The summed E-state index contributed by atoms with van der Waals surface area (Å²) in [4.78, 5) is 21.5. The van der Waals surface area contributed by atoms with Crippen molar-refractivity contribution < 1.29 is 9.15 Å². The van der Waals surface area contributed by atoms with Gasteiger partial charge in [0.05, 0.1) is 5.39 Å². The second-order valence-electron chi connectivity index (χ2n) is 7.94. The van der Waals surface area contributed by atoms with Crippen LogP contribution in [0.3, 0.4) is 0 Å². The molecule has 0 atom stereocenters. The van der Waals surface area contributed by atoms with E-state index in [-0.39, 0.29) is 11.5 Å². The second-order valence-corrected chi connectivity index (χ2v) is 7.94. The lowest BCUT2D eigenvalue weighted by Gasteiger charge is -2.32. The van der Waals surface area contributed by atoms with Gasteiger partial charge in [0.25, 0.3) is 5.56 Å². The first-order valence-corrected chi connectivity index (χ1v) is 10.3. The maximum absolute atomic E-state index is 12.5. The highest BCUT2D eigenvalue weighted by molar-refractivity contribution is 5.81. The van der Waals surface area contributed by atoms with E-state index < -0.39 is 0 Å². The van der Waals surface area contributed by atoms with Crippen LogP contribution in [-0.4, -0.2) is 74.3 Å². The van der Waals surface area contributed by atoms with Gasteiger partial charge in [0.1, 0.15) is 17.9 Å². The van der Waals surface area contributed by atoms with Crippen molar-refractivity contribution in [2.75, 3.05) is 59.5 Å². The summed E-state index contributed by atoms with van der Waals surface area (Å²) in [6, 6.07) is 3.64. The third kappa shape index (κ3) is 4.21. The summed E-state index contributed by atoms with van der Waals surface area (Å²) < 4.78 is 12.2. The van der Waals surface area contributed by atoms with Crippen LogP contribution >= 0.6 is 0 Å². The monoisotopic (exact) mass is 386 g/mol. The van der Waals surface area contributed by atoms with Crippen LogP contribution in [0.1, 0.15) is 30.2 Å². The summed E-state index contributed by atoms with van der Waals surface area (Å²) in [6.45, 7) is 9.73. The predicted molar refractivity (Wildman–Crippen MR) is 109 cm³/mol. The highest BCUT2D eigenvalue weighted by Crippen LogP contribution is 2.29. The van der Waals surface area contributed by atoms with Crippen LogP contribution in [0.25, 0.3) is 11.0 Å². The van der Waals surface area contributed by atoms with Crippen LogP contribution in [0.15, 0.2) is 21.3 Å². The van der Waals surface area contributed by atoms with Crippen molar-refractivity contribution >= 4 is 11.0 Å². The van der Waals surface area contributed by atoms with Gasteiger partial charge >= 0.3 is 0 Å². The molecular weight excluding hydrogens is 356 g/mol. The third-order valence-corrected chi connectivity index (χ3v) is 5.95. The first kappa shape index (κ1) is 19.4. The van der Waals surface area contributed by atoms with Crippen molar-refractivity contribution in [3.05, 3.63) is 33.9 Å². The Bertz CT molecular complexity index is 868. The quantitative estimate of drug-likeness (QED) is 0.837. The van der Waals surface area contributed by atoms with Crippen LogP contribution < -0.4 is 15.6 Å². The summed E-state index contributed by atoms with van der Waals surface area (Å²) in [7, 11) is 2.16. The molecule has 1 aromatic heterocycles. The third-order valence-electron chi connectivity index (χ3n) is 5.95. The molecular formula is C21H30N4O3. The van der Waals surface area contributed by atoms with E-state index in [4.69, 9.17) is 9.15 Å².